The summed E-state index contributed by atoms with van der Waals surface area (Å²) in [6.07, 6.45) is -1.10. The minimum atomic E-state index is -1.02. The SMILES string of the molecule is CCOC(=O)c1ccccc1OC(=O)OCCC(=O)OC. The molecule has 0 aliphatic heterocycles. The Morgan fingerprint density at radius 2 is 1.81 bits per heavy atom. The van der Waals surface area contributed by atoms with E-state index in [1.807, 2.05) is 0 Å². The van der Waals surface area contributed by atoms with E-state index in [9.17, 15) is 14.4 Å². The third-order valence-corrected chi connectivity index (χ3v) is 2.33. The summed E-state index contributed by atoms with van der Waals surface area (Å²) in [5.41, 5.74) is 0.115. The summed E-state index contributed by atoms with van der Waals surface area (Å²) < 4.78 is 18.9. The highest BCUT2D eigenvalue weighted by molar-refractivity contribution is 5.93. The lowest BCUT2D eigenvalue weighted by molar-refractivity contribution is -0.141. The molecule has 1 aromatic carbocycles. The number of esters is 2. The Morgan fingerprint density at radius 3 is 2.48 bits per heavy atom. The monoisotopic (exact) mass is 296 g/mol. The number of carbonyl (C=O) groups excluding carboxylic acids is 3. The second-order valence-electron chi connectivity index (χ2n) is 3.74. The van der Waals surface area contributed by atoms with Gasteiger partial charge in [-0.3, -0.25) is 4.79 Å². The van der Waals surface area contributed by atoms with Crippen LogP contribution >= 0.6 is 0 Å². The van der Waals surface area contributed by atoms with Crippen molar-refractivity contribution in [2.24, 2.45) is 0 Å². The first-order valence-corrected chi connectivity index (χ1v) is 6.26. The van der Waals surface area contributed by atoms with Crippen molar-refractivity contribution >= 4 is 18.1 Å². The smallest absolute Gasteiger partial charge is 0.469 e. The van der Waals surface area contributed by atoms with Gasteiger partial charge in [0.15, 0.2) is 0 Å². The molecule has 7 heteroatoms. The fourth-order valence-corrected chi connectivity index (χ4v) is 1.37. The molecular weight excluding hydrogens is 280 g/mol. The molecule has 0 spiro atoms. The average molecular weight is 296 g/mol. The van der Waals surface area contributed by atoms with Crippen LogP contribution < -0.4 is 4.74 Å². The van der Waals surface area contributed by atoms with Crippen molar-refractivity contribution in [1.29, 1.82) is 0 Å². The van der Waals surface area contributed by atoms with E-state index in [-0.39, 0.29) is 30.9 Å². The van der Waals surface area contributed by atoms with E-state index >= 15 is 0 Å². The van der Waals surface area contributed by atoms with E-state index in [0.29, 0.717) is 0 Å². The lowest BCUT2D eigenvalue weighted by Crippen LogP contribution is -2.16. The van der Waals surface area contributed by atoms with Crippen LogP contribution in [-0.4, -0.2) is 38.4 Å². The second kappa shape index (κ2) is 8.57. The highest BCUT2D eigenvalue weighted by Gasteiger charge is 2.16. The summed E-state index contributed by atoms with van der Waals surface area (Å²) in [5, 5.41) is 0. The van der Waals surface area contributed by atoms with E-state index in [4.69, 9.17) is 14.2 Å². The van der Waals surface area contributed by atoms with Gasteiger partial charge in [-0.25, -0.2) is 9.59 Å². The molecule has 0 radical (unpaired) electrons. The Balaban J connectivity index is 2.60. The number of hydrogen-bond donors (Lipinski definition) is 0. The largest absolute Gasteiger partial charge is 0.513 e. The van der Waals surface area contributed by atoms with Crippen LogP contribution in [0.5, 0.6) is 5.75 Å². The van der Waals surface area contributed by atoms with Gasteiger partial charge in [-0.2, -0.15) is 0 Å². The van der Waals surface area contributed by atoms with Gasteiger partial charge >= 0.3 is 18.1 Å². The normalized spacial score (nSPS) is 9.62. The molecule has 0 fully saturated rings. The molecule has 0 saturated heterocycles. The number of carbonyl (C=O) groups is 3. The van der Waals surface area contributed by atoms with E-state index in [0.717, 1.165) is 0 Å². The van der Waals surface area contributed by atoms with Crippen LogP contribution in [0.15, 0.2) is 24.3 Å². The number of hydrogen-bond acceptors (Lipinski definition) is 7. The van der Waals surface area contributed by atoms with Crippen LogP contribution in [-0.2, 0) is 19.0 Å². The van der Waals surface area contributed by atoms with Crippen LogP contribution in [0.4, 0.5) is 4.79 Å². The molecule has 0 aromatic heterocycles. The molecule has 0 atom stereocenters. The van der Waals surface area contributed by atoms with E-state index in [2.05, 4.69) is 4.74 Å². The van der Waals surface area contributed by atoms with Crippen molar-refractivity contribution in [2.75, 3.05) is 20.3 Å². The summed E-state index contributed by atoms with van der Waals surface area (Å²) in [6, 6.07) is 6.12. The molecule has 1 aromatic rings. The fourth-order valence-electron chi connectivity index (χ4n) is 1.37. The quantitative estimate of drug-likeness (QED) is 0.450. The van der Waals surface area contributed by atoms with E-state index in [1.54, 1.807) is 19.1 Å². The summed E-state index contributed by atoms with van der Waals surface area (Å²) in [6.45, 7) is 1.70. The number of ether oxygens (including phenoxy) is 4. The van der Waals surface area contributed by atoms with Crippen molar-refractivity contribution < 1.29 is 33.3 Å². The Bertz CT molecular complexity index is 510. The number of benzene rings is 1. The molecule has 21 heavy (non-hydrogen) atoms. The predicted molar refractivity (Wildman–Crippen MR) is 71.0 cm³/mol. The lowest BCUT2D eigenvalue weighted by atomic mass is 10.2. The Morgan fingerprint density at radius 1 is 1.10 bits per heavy atom. The predicted octanol–water partition coefficient (Wildman–Crippen LogP) is 1.94. The average Bonchev–Trinajstić information content (AvgIpc) is 2.47. The van der Waals surface area contributed by atoms with E-state index in [1.165, 1.54) is 19.2 Å². The van der Waals surface area contributed by atoms with Crippen LogP contribution in [0.2, 0.25) is 0 Å². The van der Waals surface area contributed by atoms with Gasteiger partial charge in [-0.15, -0.1) is 0 Å². The van der Waals surface area contributed by atoms with Crippen molar-refractivity contribution in [3.05, 3.63) is 29.8 Å². The van der Waals surface area contributed by atoms with Gasteiger partial charge in [0.2, 0.25) is 0 Å². The van der Waals surface area contributed by atoms with Crippen LogP contribution in [0.1, 0.15) is 23.7 Å². The van der Waals surface area contributed by atoms with Crippen molar-refractivity contribution in [3.8, 4) is 5.75 Å². The van der Waals surface area contributed by atoms with Gasteiger partial charge in [0.05, 0.1) is 20.1 Å². The minimum absolute atomic E-state index is 0.0269. The third-order valence-electron chi connectivity index (χ3n) is 2.33. The third kappa shape index (κ3) is 5.52. The number of rotatable bonds is 6. The second-order valence-corrected chi connectivity index (χ2v) is 3.74. The Kier molecular flexibility index (Phi) is 6.73. The van der Waals surface area contributed by atoms with Crippen LogP contribution in [0.3, 0.4) is 0 Å². The molecule has 114 valence electrons. The fraction of sp³-hybridized carbons (Fsp3) is 0.357. The van der Waals surface area contributed by atoms with Gasteiger partial charge in [0.1, 0.15) is 17.9 Å². The van der Waals surface area contributed by atoms with Gasteiger partial charge in [-0.05, 0) is 19.1 Å². The summed E-state index contributed by atoms with van der Waals surface area (Å²) in [7, 11) is 1.23. The molecule has 0 N–H and O–H groups in total. The molecule has 0 saturated carbocycles. The summed E-state index contributed by atoms with van der Waals surface area (Å²) in [4.78, 5) is 34.0. The topological polar surface area (TPSA) is 88.1 Å². The molecular formula is C14H16O7. The zero-order valence-corrected chi connectivity index (χ0v) is 11.8. The maximum atomic E-state index is 11.7. The highest BCUT2D eigenvalue weighted by Crippen LogP contribution is 2.19. The highest BCUT2D eigenvalue weighted by atomic mass is 16.7. The van der Waals surface area contributed by atoms with Crippen molar-refractivity contribution in [1.82, 2.24) is 0 Å². The maximum absolute atomic E-state index is 11.7. The van der Waals surface area contributed by atoms with E-state index < -0.39 is 18.1 Å². The lowest BCUT2D eigenvalue weighted by Gasteiger charge is -2.09. The Hall–Kier alpha value is -2.57. The van der Waals surface area contributed by atoms with Crippen molar-refractivity contribution in [3.63, 3.8) is 0 Å². The molecule has 0 heterocycles. The summed E-state index contributed by atoms with van der Waals surface area (Å²) >= 11 is 0. The molecule has 0 bridgehead atoms. The number of para-hydroxylation sites is 1. The summed E-state index contributed by atoms with van der Waals surface area (Å²) in [5.74, 6) is -1.08. The zero-order chi connectivity index (χ0) is 15.7. The standard InChI is InChI=1S/C14H16O7/c1-3-19-13(16)10-6-4-5-7-11(10)21-14(17)20-9-8-12(15)18-2/h4-7H,3,8-9H2,1-2H3. The van der Waals surface area contributed by atoms with Crippen molar-refractivity contribution in [2.45, 2.75) is 13.3 Å². The zero-order valence-electron chi connectivity index (χ0n) is 11.8. The van der Waals surface area contributed by atoms with Gasteiger partial charge in [0, 0.05) is 0 Å². The molecule has 0 unspecified atom stereocenters. The molecule has 0 aliphatic carbocycles. The molecule has 0 aliphatic rings. The minimum Gasteiger partial charge on any atom is -0.469 e. The first kappa shape index (κ1) is 16.5. The molecule has 1 rings (SSSR count). The Labute approximate surface area is 121 Å². The van der Waals surface area contributed by atoms with Crippen LogP contribution in [0.25, 0.3) is 0 Å². The van der Waals surface area contributed by atoms with Crippen LogP contribution in [0, 0.1) is 0 Å². The van der Waals surface area contributed by atoms with Gasteiger partial charge < -0.3 is 18.9 Å². The first-order chi connectivity index (χ1) is 10.1. The van der Waals surface area contributed by atoms with Gasteiger partial charge in [-0.1, -0.05) is 12.1 Å². The van der Waals surface area contributed by atoms with Gasteiger partial charge in [0.25, 0.3) is 0 Å². The number of methoxy groups -OCH3 is 1. The molecule has 0 amide bonds. The molecule has 7 nitrogen and oxygen atoms in total. The maximum Gasteiger partial charge on any atom is 0.513 e. The first-order valence-electron chi connectivity index (χ1n) is 6.26.